The SMILES string of the molecule is COc1cc(OC)c(C(=O)OCC(=O)NC(=O)N[C@@H]2CCCC[C@H]2C)cc1OC. The van der Waals surface area contributed by atoms with Crippen LogP contribution < -0.4 is 24.8 Å². The van der Waals surface area contributed by atoms with Gasteiger partial charge in [-0.25, -0.2) is 9.59 Å². The van der Waals surface area contributed by atoms with Gasteiger partial charge in [-0.2, -0.15) is 0 Å². The first-order chi connectivity index (χ1) is 13.9. The summed E-state index contributed by atoms with van der Waals surface area (Å²) in [6, 6.07) is 2.33. The monoisotopic (exact) mass is 408 g/mol. The van der Waals surface area contributed by atoms with E-state index in [2.05, 4.69) is 17.6 Å². The van der Waals surface area contributed by atoms with E-state index in [1.54, 1.807) is 0 Å². The van der Waals surface area contributed by atoms with E-state index >= 15 is 0 Å². The van der Waals surface area contributed by atoms with Gasteiger partial charge in [0, 0.05) is 18.2 Å². The van der Waals surface area contributed by atoms with Gasteiger partial charge in [0.25, 0.3) is 5.91 Å². The predicted molar refractivity (Wildman–Crippen MR) is 104 cm³/mol. The first kappa shape index (κ1) is 22.3. The average Bonchev–Trinajstić information content (AvgIpc) is 2.72. The van der Waals surface area contributed by atoms with Crippen LogP contribution in [0.4, 0.5) is 4.79 Å². The lowest BCUT2D eigenvalue weighted by atomic mass is 9.86. The maximum absolute atomic E-state index is 12.4. The van der Waals surface area contributed by atoms with Crippen molar-refractivity contribution in [2.24, 2.45) is 5.92 Å². The molecule has 1 aliphatic rings. The number of ether oxygens (including phenoxy) is 4. The van der Waals surface area contributed by atoms with Crippen LogP contribution in [0.1, 0.15) is 43.0 Å². The second-order valence-corrected chi connectivity index (χ2v) is 6.87. The van der Waals surface area contributed by atoms with Gasteiger partial charge in [-0.15, -0.1) is 0 Å². The zero-order chi connectivity index (χ0) is 21.4. The average molecular weight is 408 g/mol. The fourth-order valence-electron chi connectivity index (χ4n) is 3.30. The zero-order valence-corrected chi connectivity index (χ0v) is 17.2. The Kier molecular flexibility index (Phi) is 8.11. The molecule has 0 aromatic heterocycles. The van der Waals surface area contributed by atoms with E-state index in [0.717, 1.165) is 25.7 Å². The topological polar surface area (TPSA) is 112 Å². The Labute approximate surface area is 170 Å². The van der Waals surface area contributed by atoms with Crippen molar-refractivity contribution in [3.63, 3.8) is 0 Å². The van der Waals surface area contributed by atoms with E-state index < -0.39 is 24.5 Å². The largest absolute Gasteiger partial charge is 0.496 e. The van der Waals surface area contributed by atoms with E-state index in [0.29, 0.717) is 17.4 Å². The molecule has 2 N–H and O–H groups in total. The summed E-state index contributed by atoms with van der Waals surface area (Å²) in [6.45, 7) is 1.47. The minimum absolute atomic E-state index is 0.0372. The molecule has 1 aromatic rings. The van der Waals surface area contributed by atoms with Crippen LogP contribution in [-0.2, 0) is 9.53 Å². The van der Waals surface area contributed by atoms with Crippen LogP contribution in [-0.4, -0.2) is 51.9 Å². The quantitative estimate of drug-likeness (QED) is 0.666. The van der Waals surface area contributed by atoms with E-state index in [1.807, 2.05) is 0 Å². The summed E-state index contributed by atoms with van der Waals surface area (Å²) in [5.74, 6) is -0.256. The summed E-state index contributed by atoms with van der Waals surface area (Å²) in [7, 11) is 4.28. The van der Waals surface area contributed by atoms with Gasteiger partial charge in [0.1, 0.15) is 11.3 Å². The van der Waals surface area contributed by atoms with Crippen molar-refractivity contribution in [2.75, 3.05) is 27.9 Å². The molecule has 1 fully saturated rings. The zero-order valence-electron chi connectivity index (χ0n) is 17.2. The number of rotatable bonds is 7. The second-order valence-electron chi connectivity index (χ2n) is 6.87. The fraction of sp³-hybridized carbons (Fsp3) is 0.550. The first-order valence-corrected chi connectivity index (χ1v) is 9.47. The molecule has 9 nitrogen and oxygen atoms in total. The third kappa shape index (κ3) is 6.00. The Bertz CT molecular complexity index is 751. The van der Waals surface area contributed by atoms with E-state index in [9.17, 15) is 14.4 Å². The molecule has 1 aromatic carbocycles. The summed E-state index contributed by atoms with van der Waals surface area (Å²) in [5, 5.41) is 4.98. The highest BCUT2D eigenvalue weighted by Crippen LogP contribution is 2.34. The van der Waals surface area contributed by atoms with Gasteiger partial charge in [0.05, 0.1) is 21.3 Å². The number of amides is 3. The Hall–Kier alpha value is -2.97. The van der Waals surface area contributed by atoms with Crippen molar-refractivity contribution in [1.29, 1.82) is 0 Å². The Balaban J connectivity index is 1.91. The molecule has 0 spiro atoms. The summed E-state index contributed by atoms with van der Waals surface area (Å²) < 4.78 is 20.5. The van der Waals surface area contributed by atoms with Crippen LogP contribution in [0, 0.1) is 5.92 Å². The molecule has 1 aliphatic carbocycles. The highest BCUT2D eigenvalue weighted by Gasteiger charge is 2.24. The maximum atomic E-state index is 12.4. The molecule has 9 heteroatoms. The number of nitrogens with one attached hydrogen (secondary N) is 2. The van der Waals surface area contributed by atoms with Crippen molar-refractivity contribution >= 4 is 17.9 Å². The number of imide groups is 1. The Morgan fingerprint density at radius 3 is 2.21 bits per heavy atom. The predicted octanol–water partition coefficient (Wildman–Crippen LogP) is 2.27. The maximum Gasteiger partial charge on any atom is 0.342 e. The number of hydrogen-bond acceptors (Lipinski definition) is 7. The van der Waals surface area contributed by atoms with Crippen molar-refractivity contribution < 1.29 is 33.3 Å². The number of hydrogen-bond donors (Lipinski definition) is 2. The number of methoxy groups -OCH3 is 3. The normalized spacial score (nSPS) is 18.3. The number of esters is 1. The highest BCUT2D eigenvalue weighted by molar-refractivity contribution is 5.98. The van der Waals surface area contributed by atoms with E-state index in [1.165, 1.54) is 33.5 Å². The van der Waals surface area contributed by atoms with Gasteiger partial charge >= 0.3 is 12.0 Å². The summed E-state index contributed by atoms with van der Waals surface area (Å²) in [5.41, 5.74) is 0.0680. The minimum atomic E-state index is -0.792. The van der Waals surface area contributed by atoms with Crippen molar-refractivity contribution in [3.8, 4) is 17.2 Å². The van der Waals surface area contributed by atoms with Gasteiger partial charge in [-0.1, -0.05) is 19.8 Å². The Morgan fingerprint density at radius 1 is 0.966 bits per heavy atom. The molecule has 3 amide bonds. The number of carbonyl (C=O) groups excluding carboxylic acids is 3. The lowest BCUT2D eigenvalue weighted by Crippen LogP contribution is -2.48. The lowest BCUT2D eigenvalue weighted by molar-refractivity contribution is -0.123. The third-order valence-corrected chi connectivity index (χ3v) is 4.94. The Morgan fingerprint density at radius 2 is 1.59 bits per heavy atom. The third-order valence-electron chi connectivity index (χ3n) is 4.94. The molecule has 160 valence electrons. The molecule has 29 heavy (non-hydrogen) atoms. The summed E-state index contributed by atoms with van der Waals surface area (Å²) in [4.78, 5) is 36.3. The van der Waals surface area contributed by atoms with Gasteiger partial charge in [0.2, 0.25) is 0 Å². The van der Waals surface area contributed by atoms with Crippen LogP contribution in [0.2, 0.25) is 0 Å². The second kappa shape index (κ2) is 10.5. The summed E-state index contributed by atoms with van der Waals surface area (Å²) >= 11 is 0. The standard InChI is InChI=1S/C20H28N2O7/c1-12-7-5-6-8-14(12)21-20(25)22-18(23)11-29-19(24)13-9-16(27-3)17(28-4)10-15(13)26-2/h9-10,12,14H,5-8,11H2,1-4H3,(H2,21,22,23,25)/t12-,14-/m1/s1. The van der Waals surface area contributed by atoms with Crippen molar-refractivity contribution in [3.05, 3.63) is 17.7 Å². The van der Waals surface area contributed by atoms with Gasteiger partial charge in [-0.05, 0) is 18.8 Å². The number of benzene rings is 1. The van der Waals surface area contributed by atoms with Crippen LogP contribution in [0.25, 0.3) is 0 Å². The van der Waals surface area contributed by atoms with Crippen molar-refractivity contribution in [2.45, 2.75) is 38.6 Å². The molecular formula is C20H28N2O7. The molecule has 2 atom stereocenters. The van der Waals surface area contributed by atoms with Gasteiger partial charge < -0.3 is 24.3 Å². The van der Waals surface area contributed by atoms with Crippen LogP contribution in [0.15, 0.2) is 12.1 Å². The number of carbonyl (C=O) groups is 3. The van der Waals surface area contributed by atoms with Gasteiger partial charge in [-0.3, -0.25) is 10.1 Å². The number of urea groups is 1. The van der Waals surface area contributed by atoms with Crippen molar-refractivity contribution in [1.82, 2.24) is 10.6 Å². The minimum Gasteiger partial charge on any atom is -0.496 e. The molecule has 0 heterocycles. The van der Waals surface area contributed by atoms with Crippen LogP contribution in [0.3, 0.4) is 0 Å². The van der Waals surface area contributed by atoms with E-state index in [4.69, 9.17) is 18.9 Å². The molecular weight excluding hydrogens is 380 g/mol. The molecule has 1 saturated carbocycles. The fourth-order valence-corrected chi connectivity index (χ4v) is 3.30. The first-order valence-electron chi connectivity index (χ1n) is 9.47. The molecule has 2 rings (SSSR count). The van der Waals surface area contributed by atoms with Crippen LogP contribution in [0.5, 0.6) is 17.2 Å². The van der Waals surface area contributed by atoms with E-state index in [-0.39, 0.29) is 17.4 Å². The smallest absolute Gasteiger partial charge is 0.342 e. The highest BCUT2D eigenvalue weighted by atomic mass is 16.5. The molecule has 0 radical (unpaired) electrons. The summed E-state index contributed by atoms with van der Waals surface area (Å²) in [6.07, 6.45) is 4.13. The molecule has 0 saturated heterocycles. The molecule has 0 unspecified atom stereocenters. The van der Waals surface area contributed by atoms with Crippen LogP contribution >= 0.6 is 0 Å². The molecule has 0 bridgehead atoms. The lowest BCUT2D eigenvalue weighted by Gasteiger charge is -2.29. The van der Waals surface area contributed by atoms with Gasteiger partial charge in [0.15, 0.2) is 18.1 Å². The molecule has 0 aliphatic heterocycles.